The fourth-order valence-electron chi connectivity index (χ4n) is 2.29. The van der Waals surface area contributed by atoms with Crippen molar-refractivity contribution in [1.82, 2.24) is 4.98 Å². The number of benzene rings is 1. The Hall–Kier alpha value is -2.10. The molecule has 0 radical (unpaired) electrons. The maximum absolute atomic E-state index is 12.0. The molecule has 2 rings (SSSR count). The molecule has 0 amide bonds. The van der Waals surface area contributed by atoms with Gasteiger partial charge in [-0.25, -0.2) is 0 Å². The molecular formula is C15H17NO3. The first-order chi connectivity index (χ1) is 9.02. The number of hydrogen-bond acceptors (Lipinski definition) is 2. The molecule has 4 heteroatoms. The molecule has 1 aromatic heterocycles. The molecule has 0 unspecified atom stereocenters. The molecule has 0 fully saturated rings. The van der Waals surface area contributed by atoms with Crippen LogP contribution in [0.25, 0.3) is 10.9 Å². The first kappa shape index (κ1) is 13.3. The van der Waals surface area contributed by atoms with E-state index >= 15 is 0 Å². The van der Waals surface area contributed by atoms with Crippen molar-refractivity contribution >= 4 is 16.9 Å². The summed E-state index contributed by atoms with van der Waals surface area (Å²) in [6, 6.07) is 5.96. The molecule has 2 N–H and O–H groups in total. The standard InChI is InChI=1S/C15H17NO3/c1-3-10-4-6-13-12(8-10)9(2)11(15(19)16-13)5-7-14(17)18/h4,6,8H,3,5,7H2,1-2H3,(H,16,19)(H,17,18). The van der Waals surface area contributed by atoms with Crippen molar-refractivity contribution in [2.45, 2.75) is 33.1 Å². The van der Waals surface area contributed by atoms with Crippen molar-refractivity contribution in [3.8, 4) is 0 Å². The predicted molar refractivity (Wildman–Crippen MR) is 74.6 cm³/mol. The van der Waals surface area contributed by atoms with Crippen molar-refractivity contribution in [2.24, 2.45) is 0 Å². The van der Waals surface area contributed by atoms with Gasteiger partial charge in [-0.1, -0.05) is 13.0 Å². The van der Waals surface area contributed by atoms with Gasteiger partial charge in [-0.05, 0) is 43.0 Å². The summed E-state index contributed by atoms with van der Waals surface area (Å²) < 4.78 is 0. The van der Waals surface area contributed by atoms with E-state index in [0.29, 0.717) is 5.56 Å². The number of fused-ring (bicyclic) bond motifs is 1. The number of carboxylic acid groups (broad SMARTS) is 1. The van der Waals surface area contributed by atoms with Crippen molar-refractivity contribution in [3.63, 3.8) is 0 Å². The second-order valence-electron chi connectivity index (χ2n) is 4.68. The molecule has 0 spiro atoms. The zero-order valence-corrected chi connectivity index (χ0v) is 11.1. The third kappa shape index (κ3) is 2.67. The van der Waals surface area contributed by atoms with E-state index in [9.17, 15) is 9.59 Å². The van der Waals surface area contributed by atoms with E-state index in [1.54, 1.807) is 0 Å². The van der Waals surface area contributed by atoms with Gasteiger partial charge >= 0.3 is 5.97 Å². The average molecular weight is 259 g/mol. The Kier molecular flexibility index (Phi) is 3.69. The van der Waals surface area contributed by atoms with Crippen LogP contribution in [0.2, 0.25) is 0 Å². The lowest BCUT2D eigenvalue weighted by atomic mass is 9.99. The summed E-state index contributed by atoms with van der Waals surface area (Å²) in [5.41, 5.74) is 3.28. The predicted octanol–water partition coefficient (Wildman–Crippen LogP) is 2.42. The summed E-state index contributed by atoms with van der Waals surface area (Å²) in [6.07, 6.45) is 1.17. The minimum atomic E-state index is -0.888. The van der Waals surface area contributed by atoms with E-state index < -0.39 is 5.97 Å². The molecule has 0 bridgehead atoms. The number of aryl methyl sites for hydroxylation is 2. The minimum absolute atomic E-state index is 0.0249. The number of hydrogen-bond donors (Lipinski definition) is 2. The van der Waals surface area contributed by atoms with Gasteiger partial charge in [-0.15, -0.1) is 0 Å². The number of carbonyl (C=O) groups is 1. The van der Waals surface area contributed by atoms with Crippen LogP contribution in [0.4, 0.5) is 0 Å². The van der Waals surface area contributed by atoms with Gasteiger partial charge in [0.1, 0.15) is 0 Å². The Morgan fingerprint density at radius 3 is 2.74 bits per heavy atom. The summed E-state index contributed by atoms with van der Waals surface area (Å²) in [5.74, 6) is -0.888. The molecule has 19 heavy (non-hydrogen) atoms. The first-order valence-corrected chi connectivity index (χ1v) is 6.39. The third-order valence-electron chi connectivity index (χ3n) is 3.46. The van der Waals surface area contributed by atoms with Crippen molar-refractivity contribution < 1.29 is 9.90 Å². The number of rotatable bonds is 4. The zero-order valence-electron chi connectivity index (χ0n) is 11.1. The first-order valence-electron chi connectivity index (χ1n) is 6.39. The molecule has 0 saturated carbocycles. The van der Waals surface area contributed by atoms with Crippen LogP contribution in [0, 0.1) is 6.92 Å². The Balaban J connectivity index is 2.58. The lowest BCUT2D eigenvalue weighted by Crippen LogP contribution is -2.16. The Morgan fingerprint density at radius 1 is 1.37 bits per heavy atom. The van der Waals surface area contributed by atoms with E-state index in [-0.39, 0.29) is 18.4 Å². The molecule has 0 aliphatic rings. The highest BCUT2D eigenvalue weighted by molar-refractivity contribution is 5.83. The number of carboxylic acids is 1. The Labute approximate surface area is 111 Å². The highest BCUT2D eigenvalue weighted by Crippen LogP contribution is 2.20. The van der Waals surface area contributed by atoms with Gasteiger partial charge < -0.3 is 10.1 Å². The number of nitrogens with one attached hydrogen (secondary N) is 1. The van der Waals surface area contributed by atoms with Gasteiger partial charge in [-0.3, -0.25) is 9.59 Å². The maximum Gasteiger partial charge on any atom is 0.303 e. The van der Waals surface area contributed by atoms with Crippen LogP contribution in [-0.4, -0.2) is 16.1 Å². The largest absolute Gasteiger partial charge is 0.481 e. The van der Waals surface area contributed by atoms with E-state index in [0.717, 1.165) is 22.9 Å². The van der Waals surface area contributed by atoms with Crippen LogP contribution < -0.4 is 5.56 Å². The molecule has 2 aromatic rings. The highest BCUT2D eigenvalue weighted by Gasteiger charge is 2.11. The van der Waals surface area contributed by atoms with Gasteiger partial charge in [0.05, 0.1) is 0 Å². The summed E-state index contributed by atoms with van der Waals surface area (Å²) in [4.78, 5) is 25.4. The number of pyridine rings is 1. The molecule has 4 nitrogen and oxygen atoms in total. The Morgan fingerprint density at radius 2 is 2.11 bits per heavy atom. The summed E-state index contributed by atoms with van der Waals surface area (Å²) in [5, 5.41) is 9.74. The van der Waals surface area contributed by atoms with E-state index in [4.69, 9.17) is 5.11 Å². The highest BCUT2D eigenvalue weighted by atomic mass is 16.4. The lowest BCUT2D eigenvalue weighted by Gasteiger charge is -2.09. The van der Waals surface area contributed by atoms with Gasteiger partial charge in [0.25, 0.3) is 5.56 Å². The quantitative estimate of drug-likeness (QED) is 0.885. The van der Waals surface area contributed by atoms with Crippen LogP contribution in [0.5, 0.6) is 0 Å². The second kappa shape index (κ2) is 5.26. The van der Waals surface area contributed by atoms with Crippen LogP contribution in [0.3, 0.4) is 0 Å². The lowest BCUT2D eigenvalue weighted by molar-refractivity contribution is -0.136. The van der Waals surface area contributed by atoms with E-state index in [1.165, 1.54) is 5.56 Å². The normalized spacial score (nSPS) is 10.8. The van der Waals surface area contributed by atoms with Gasteiger partial charge in [0, 0.05) is 22.9 Å². The monoisotopic (exact) mass is 259 g/mol. The molecule has 1 heterocycles. The number of aromatic nitrogens is 1. The van der Waals surface area contributed by atoms with Gasteiger partial charge in [0.2, 0.25) is 0 Å². The van der Waals surface area contributed by atoms with Crippen molar-refractivity contribution in [3.05, 3.63) is 45.2 Å². The zero-order chi connectivity index (χ0) is 14.0. The molecule has 100 valence electrons. The van der Waals surface area contributed by atoms with Gasteiger partial charge in [0.15, 0.2) is 0 Å². The van der Waals surface area contributed by atoms with Crippen molar-refractivity contribution in [2.75, 3.05) is 0 Å². The minimum Gasteiger partial charge on any atom is -0.481 e. The van der Waals surface area contributed by atoms with E-state index in [1.807, 2.05) is 19.1 Å². The fraction of sp³-hybridized carbons (Fsp3) is 0.333. The smallest absolute Gasteiger partial charge is 0.303 e. The number of aromatic amines is 1. The van der Waals surface area contributed by atoms with Crippen LogP contribution in [0.15, 0.2) is 23.0 Å². The van der Waals surface area contributed by atoms with Crippen LogP contribution >= 0.6 is 0 Å². The van der Waals surface area contributed by atoms with Crippen molar-refractivity contribution in [1.29, 1.82) is 0 Å². The summed E-state index contributed by atoms with van der Waals surface area (Å²) in [6.45, 7) is 3.96. The number of aliphatic carboxylic acids is 1. The molecule has 1 aromatic carbocycles. The van der Waals surface area contributed by atoms with E-state index in [2.05, 4.69) is 18.0 Å². The molecular weight excluding hydrogens is 242 g/mol. The Bertz CT molecular complexity index is 686. The molecule has 0 aliphatic heterocycles. The van der Waals surface area contributed by atoms with Crippen LogP contribution in [0.1, 0.15) is 30.0 Å². The summed E-state index contributed by atoms with van der Waals surface area (Å²) >= 11 is 0. The second-order valence-corrected chi connectivity index (χ2v) is 4.68. The number of H-pyrrole nitrogens is 1. The third-order valence-corrected chi connectivity index (χ3v) is 3.46. The molecule has 0 saturated heterocycles. The average Bonchev–Trinajstić information content (AvgIpc) is 2.38. The fourth-order valence-corrected chi connectivity index (χ4v) is 2.29. The topological polar surface area (TPSA) is 70.2 Å². The van der Waals surface area contributed by atoms with Crippen LogP contribution in [-0.2, 0) is 17.6 Å². The van der Waals surface area contributed by atoms with Gasteiger partial charge in [-0.2, -0.15) is 0 Å². The molecule has 0 aliphatic carbocycles. The SMILES string of the molecule is CCc1ccc2[nH]c(=O)c(CCC(=O)O)c(C)c2c1. The maximum atomic E-state index is 12.0. The molecule has 0 atom stereocenters. The summed E-state index contributed by atoms with van der Waals surface area (Å²) in [7, 11) is 0.